The van der Waals surface area contributed by atoms with E-state index in [1.807, 2.05) is 20.8 Å². The standard InChI is InChI=1S/C14H24O2/c1-5-12(11-9-7-6-8-10-11)16-13(15)14(2,3)4/h5,11-12H,1,6-10H2,2-4H3/t12-/m0/s1. The van der Waals surface area contributed by atoms with Crippen LogP contribution in [0.2, 0.25) is 0 Å². The lowest BCUT2D eigenvalue weighted by molar-refractivity contribution is -0.159. The van der Waals surface area contributed by atoms with Gasteiger partial charge >= 0.3 is 5.97 Å². The molecule has 0 aliphatic heterocycles. The van der Waals surface area contributed by atoms with Crippen molar-refractivity contribution in [3.63, 3.8) is 0 Å². The number of carbonyl (C=O) groups is 1. The molecule has 1 aliphatic carbocycles. The minimum Gasteiger partial charge on any atom is -0.457 e. The average Bonchev–Trinajstić information content (AvgIpc) is 2.25. The Kier molecular flexibility index (Phi) is 4.57. The fraction of sp³-hybridized carbons (Fsp3) is 0.786. The van der Waals surface area contributed by atoms with Crippen molar-refractivity contribution in [2.45, 2.75) is 59.0 Å². The quantitative estimate of drug-likeness (QED) is 0.539. The third kappa shape index (κ3) is 3.66. The highest BCUT2D eigenvalue weighted by atomic mass is 16.5. The Morgan fingerprint density at radius 3 is 2.31 bits per heavy atom. The highest BCUT2D eigenvalue weighted by Crippen LogP contribution is 2.29. The summed E-state index contributed by atoms with van der Waals surface area (Å²) < 4.78 is 5.55. The molecule has 0 N–H and O–H groups in total. The monoisotopic (exact) mass is 224 g/mol. The minimum absolute atomic E-state index is 0.0907. The first-order chi connectivity index (χ1) is 7.45. The molecule has 0 heterocycles. The van der Waals surface area contributed by atoms with Gasteiger partial charge in [0.25, 0.3) is 0 Å². The number of carbonyl (C=O) groups excluding carboxylic acids is 1. The van der Waals surface area contributed by atoms with Gasteiger partial charge in [0, 0.05) is 0 Å². The van der Waals surface area contributed by atoms with Crippen LogP contribution in [0.25, 0.3) is 0 Å². The third-order valence-electron chi connectivity index (χ3n) is 3.20. The van der Waals surface area contributed by atoms with Crippen LogP contribution in [0.1, 0.15) is 52.9 Å². The molecule has 0 aromatic heterocycles. The van der Waals surface area contributed by atoms with Crippen molar-refractivity contribution in [3.05, 3.63) is 12.7 Å². The van der Waals surface area contributed by atoms with E-state index in [2.05, 4.69) is 6.58 Å². The predicted molar refractivity (Wildman–Crippen MR) is 66.1 cm³/mol. The molecule has 2 nitrogen and oxygen atoms in total. The van der Waals surface area contributed by atoms with Crippen LogP contribution in [0.4, 0.5) is 0 Å². The largest absolute Gasteiger partial charge is 0.457 e. The van der Waals surface area contributed by atoms with E-state index < -0.39 is 5.41 Å². The van der Waals surface area contributed by atoms with E-state index in [9.17, 15) is 4.79 Å². The Hall–Kier alpha value is -0.790. The van der Waals surface area contributed by atoms with E-state index in [0.717, 1.165) is 12.8 Å². The lowest BCUT2D eigenvalue weighted by Gasteiger charge is -2.30. The van der Waals surface area contributed by atoms with Crippen molar-refractivity contribution >= 4 is 5.97 Å². The zero-order chi connectivity index (χ0) is 12.2. The second kappa shape index (κ2) is 5.51. The van der Waals surface area contributed by atoms with Crippen LogP contribution in [0, 0.1) is 11.3 Å². The molecule has 1 fully saturated rings. The van der Waals surface area contributed by atoms with E-state index in [-0.39, 0.29) is 12.1 Å². The summed E-state index contributed by atoms with van der Waals surface area (Å²) in [6.07, 6.45) is 7.84. The first-order valence-corrected chi connectivity index (χ1v) is 6.29. The molecule has 0 spiro atoms. The summed E-state index contributed by atoms with van der Waals surface area (Å²) in [5.41, 5.74) is -0.421. The van der Waals surface area contributed by atoms with Gasteiger partial charge in [0.05, 0.1) is 5.41 Å². The van der Waals surface area contributed by atoms with E-state index in [1.165, 1.54) is 19.3 Å². The Balaban J connectivity index is 2.54. The van der Waals surface area contributed by atoms with E-state index in [1.54, 1.807) is 6.08 Å². The normalized spacial score (nSPS) is 20.2. The Bertz CT molecular complexity index is 244. The molecule has 0 radical (unpaired) electrons. The fourth-order valence-corrected chi connectivity index (χ4v) is 2.10. The van der Waals surface area contributed by atoms with Crippen molar-refractivity contribution in [2.24, 2.45) is 11.3 Å². The van der Waals surface area contributed by atoms with E-state index in [4.69, 9.17) is 4.74 Å². The van der Waals surface area contributed by atoms with Crippen molar-refractivity contribution in [1.82, 2.24) is 0 Å². The molecular formula is C14H24O2. The van der Waals surface area contributed by atoms with Crippen molar-refractivity contribution in [3.8, 4) is 0 Å². The summed E-state index contributed by atoms with van der Waals surface area (Å²) in [7, 11) is 0. The molecule has 0 unspecified atom stereocenters. The van der Waals surface area contributed by atoms with Gasteiger partial charge < -0.3 is 4.74 Å². The molecule has 2 heteroatoms. The molecular weight excluding hydrogens is 200 g/mol. The van der Waals surface area contributed by atoms with Crippen molar-refractivity contribution in [1.29, 1.82) is 0 Å². The maximum atomic E-state index is 11.8. The molecule has 1 atom stereocenters. The lowest BCUT2D eigenvalue weighted by atomic mass is 9.85. The first-order valence-electron chi connectivity index (χ1n) is 6.29. The molecule has 0 aromatic carbocycles. The number of ether oxygens (including phenoxy) is 1. The Morgan fingerprint density at radius 2 is 1.88 bits per heavy atom. The second-order valence-corrected chi connectivity index (χ2v) is 5.75. The van der Waals surface area contributed by atoms with Gasteiger partial charge in [0.15, 0.2) is 0 Å². The molecule has 1 rings (SSSR count). The van der Waals surface area contributed by atoms with Crippen molar-refractivity contribution in [2.75, 3.05) is 0 Å². The summed E-state index contributed by atoms with van der Waals surface area (Å²) in [4.78, 5) is 11.8. The summed E-state index contributed by atoms with van der Waals surface area (Å²) in [6, 6.07) is 0. The van der Waals surface area contributed by atoms with Crippen LogP contribution in [0.3, 0.4) is 0 Å². The minimum atomic E-state index is -0.421. The van der Waals surface area contributed by atoms with E-state index in [0.29, 0.717) is 5.92 Å². The van der Waals surface area contributed by atoms with Gasteiger partial charge in [-0.05, 0) is 39.5 Å². The number of rotatable bonds is 3. The number of esters is 1. The van der Waals surface area contributed by atoms with Crippen LogP contribution in [0.5, 0.6) is 0 Å². The molecule has 0 bridgehead atoms. The maximum Gasteiger partial charge on any atom is 0.311 e. The summed E-state index contributed by atoms with van der Waals surface area (Å²) in [5, 5.41) is 0. The summed E-state index contributed by atoms with van der Waals surface area (Å²) >= 11 is 0. The van der Waals surface area contributed by atoms with Gasteiger partial charge in [-0.3, -0.25) is 4.79 Å². The van der Waals surface area contributed by atoms with Crippen molar-refractivity contribution < 1.29 is 9.53 Å². The molecule has 1 saturated carbocycles. The van der Waals surface area contributed by atoms with Gasteiger partial charge in [-0.25, -0.2) is 0 Å². The van der Waals surface area contributed by atoms with Gasteiger partial charge in [0.2, 0.25) is 0 Å². The van der Waals surface area contributed by atoms with Crippen LogP contribution in [-0.2, 0) is 9.53 Å². The van der Waals surface area contributed by atoms with Crippen LogP contribution < -0.4 is 0 Å². The fourth-order valence-electron chi connectivity index (χ4n) is 2.10. The van der Waals surface area contributed by atoms with Crippen LogP contribution >= 0.6 is 0 Å². The summed E-state index contributed by atoms with van der Waals surface area (Å²) in [6.45, 7) is 9.45. The first kappa shape index (κ1) is 13.3. The van der Waals surface area contributed by atoms with Crippen LogP contribution in [0.15, 0.2) is 12.7 Å². The lowest BCUT2D eigenvalue weighted by Crippen LogP contribution is -2.32. The van der Waals surface area contributed by atoms with Gasteiger partial charge in [-0.2, -0.15) is 0 Å². The van der Waals surface area contributed by atoms with Gasteiger partial charge in [-0.1, -0.05) is 31.9 Å². The topological polar surface area (TPSA) is 26.3 Å². The zero-order valence-corrected chi connectivity index (χ0v) is 10.8. The number of hydrogen-bond donors (Lipinski definition) is 0. The zero-order valence-electron chi connectivity index (χ0n) is 10.8. The highest BCUT2D eigenvalue weighted by molar-refractivity contribution is 5.75. The molecule has 92 valence electrons. The SMILES string of the molecule is C=C[C@H](OC(=O)C(C)(C)C)C1CCCCC1. The smallest absolute Gasteiger partial charge is 0.311 e. The maximum absolute atomic E-state index is 11.8. The molecule has 16 heavy (non-hydrogen) atoms. The Morgan fingerprint density at radius 1 is 1.31 bits per heavy atom. The summed E-state index contributed by atoms with van der Waals surface area (Å²) in [5.74, 6) is 0.362. The third-order valence-corrected chi connectivity index (χ3v) is 3.20. The van der Waals surface area contributed by atoms with Gasteiger partial charge in [0.1, 0.15) is 6.10 Å². The van der Waals surface area contributed by atoms with Crippen LogP contribution in [-0.4, -0.2) is 12.1 Å². The van der Waals surface area contributed by atoms with E-state index >= 15 is 0 Å². The molecule has 1 aliphatic rings. The molecule has 0 aromatic rings. The molecule has 0 amide bonds. The highest BCUT2D eigenvalue weighted by Gasteiger charge is 2.29. The average molecular weight is 224 g/mol. The second-order valence-electron chi connectivity index (χ2n) is 5.75. The predicted octanol–water partition coefficient (Wildman–Crippen LogP) is 3.71. The number of hydrogen-bond acceptors (Lipinski definition) is 2. The Labute approximate surface area is 99.1 Å². The van der Waals surface area contributed by atoms with Gasteiger partial charge in [-0.15, -0.1) is 0 Å². The molecule has 0 saturated heterocycles.